The van der Waals surface area contributed by atoms with E-state index in [0.29, 0.717) is 6.04 Å². The first-order valence-electron chi connectivity index (χ1n) is 7.86. The van der Waals surface area contributed by atoms with Crippen molar-refractivity contribution in [3.63, 3.8) is 0 Å². The Hall–Kier alpha value is -1.54. The molecular weight excluding hydrogens is 256 g/mol. The number of hydrogen-bond acceptors (Lipinski definition) is 2. The lowest BCUT2D eigenvalue weighted by Crippen LogP contribution is -2.57. The van der Waals surface area contributed by atoms with E-state index in [-0.39, 0.29) is 0 Å². The zero-order valence-corrected chi connectivity index (χ0v) is 14.1. The molecule has 116 valence electrons. The van der Waals surface area contributed by atoms with Crippen LogP contribution in [0.1, 0.15) is 34.1 Å². The third-order valence-corrected chi connectivity index (χ3v) is 3.74. The van der Waals surface area contributed by atoms with E-state index in [2.05, 4.69) is 69.3 Å². The summed E-state index contributed by atoms with van der Waals surface area (Å²) in [5.74, 6) is 0. The van der Waals surface area contributed by atoms with Crippen molar-refractivity contribution in [2.45, 2.75) is 40.2 Å². The van der Waals surface area contributed by atoms with Gasteiger partial charge in [-0.2, -0.15) is 0 Å². The van der Waals surface area contributed by atoms with E-state index >= 15 is 0 Å². The van der Waals surface area contributed by atoms with Gasteiger partial charge in [-0.25, -0.2) is 0 Å². The zero-order chi connectivity index (χ0) is 15.8. The van der Waals surface area contributed by atoms with E-state index in [1.807, 2.05) is 6.08 Å². The van der Waals surface area contributed by atoms with Gasteiger partial charge >= 0.3 is 0 Å². The lowest BCUT2D eigenvalue weighted by molar-refractivity contribution is 0.191. The third kappa shape index (κ3) is 4.47. The highest BCUT2D eigenvalue weighted by Crippen LogP contribution is 2.28. The first-order chi connectivity index (χ1) is 10.1. The molecule has 1 fully saturated rings. The molecule has 0 aromatic carbocycles. The van der Waals surface area contributed by atoms with Gasteiger partial charge < -0.3 is 10.2 Å². The van der Waals surface area contributed by atoms with Crippen LogP contribution in [-0.2, 0) is 0 Å². The molecule has 21 heavy (non-hydrogen) atoms. The van der Waals surface area contributed by atoms with E-state index < -0.39 is 0 Å². The average Bonchev–Trinajstić information content (AvgIpc) is 2.36. The molecule has 0 amide bonds. The summed E-state index contributed by atoms with van der Waals surface area (Å²) in [6.45, 7) is 19.8. The molecule has 0 aliphatic carbocycles. The number of allylic oxidation sites excluding steroid dienone is 7. The van der Waals surface area contributed by atoms with E-state index in [0.717, 1.165) is 31.6 Å². The van der Waals surface area contributed by atoms with Crippen LogP contribution < -0.4 is 5.32 Å². The van der Waals surface area contributed by atoms with Gasteiger partial charge in [0.25, 0.3) is 0 Å². The summed E-state index contributed by atoms with van der Waals surface area (Å²) in [7, 11) is 0. The van der Waals surface area contributed by atoms with Crippen molar-refractivity contribution in [3.8, 4) is 0 Å². The molecule has 1 saturated heterocycles. The van der Waals surface area contributed by atoms with Gasteiger partial charge in [0, 0.05) is 30.9 Å². The van der Waals surface area contributed by atoms with Gasteiger partial charge in [-0.05, 0) is 38.3 Å². The second-order valence-corrected chi connectivity index (χ2v) is 5.63. The summed E-state index contributed by atoms with van der Waals surface area (Å²) in [6, 6.07) is 0.577. The Morgan fingerprint density at radius 1 is 1.33 bits per heavy atom. The molecule has 1 heterocycles. The minimum Gasteiger partial charge on any atom is -0.365 e. The maximum Gasteiger partial charge on any atom is 0.0539 e. The lowest BCUT2D eigenvalue weighted by atomic mass is 9.97. The second kappa shape index (κ2) is 8.68. The van der Waals surface area contributed by atoms with Crippen LogP contribution in [0.4, 0.5) is 0 Å². The van der Waals surface area contributed by atoms with Crippen molar-refractivity contribution in [3.05, 3.63) is 59.9 Å². The number of nitrogens with one attached hydrogen (secondary N) is 1. The number of rotatable bonds is 8. The Balaban J connectivity index is 3.37. The van der Waals surface area contributed by atoms with Crippen LogP contribution in [0.25, 0.3) is 0 Å². The molecule has 0 spiro atoms. The molecule has 0 aromatic rings. The van der Waals surface area contributed by atoms with Crippen LogP contribution in [0, 0.1) is 0 Å². The highest BCUT2D eigenvalue weighted by atomic mass is 15.2. The average molecular weight is 286 g/mol. The van der Waals surface area contributed by atoms with Crippen molar-refractivity contribution < 1.29 is 0 Å². The molecule has 1 aliphatic rings. The van der Waals surface area contributed by atoms with Crippen molar-refractivity contribution >= 4 is 0 Å². The third-order valence-electron chi connectivity index (χ3n) is 3.74. The van der Waals surface area contributed by atoms with Crippen LogP contribution in [0.5, 0.6) is 0 Å². The van der Waals surface area contributed by atoms with Crippen LogP contribution in [0.3, 0.4) is 0 Å². The quantitative estimate of drug-likeness (QED) is 0.672. The Kier molecular flexibility index (Phi) is 7.24. The van der Waals surface area contributed by atoms with Crippen LogP contribution >= 0.6 is 0 Å². The molecule has 2 heteroatoms. The van der Waals surface area contributed by atoms with Crippen LogP contribution in [0.15, 0.2) is 59.9 Å². The summed E-state index contributed by atoms with van der Waals surface area (Å²) in [4.78, 5) is 2.52. The maximum absolute atomic E-state index is 4.24. The fourth-order valence-electron chi connectivity index (χ4n) is 2.67. The largest absolute Gasteiger partial charge is 0.365 e. The molecule has 0 unspecified atom stereocenters. The molecule has 1 rings (SSSR count). The van der Waals surface area contributed by atoms with Gasteiger partial charge in [0.1, 0.15) is 0 Å². The van der Waals surface area contributed by atoms with Gasteiger partial charge in [-0.3, -0.25) is 0 Å². The van der Waals surface area contributed by atoms with Gasteiger partial charge in [0.05, 0.1) is 6.04 Å². The normalized spacial score (nSPS) is 17.4. The van der Waals surface area contributed by atoms with Crippen molar-refractivity contribution in [1.29, 1.82) is 0 Å². The van der Waals surface area contributed by atoms with Gasteiger partial charge in [0.15, 0.2) is 0 Å². The smallest absolute Gasteiger partial charge is 0.0539 e. The predicted molar refractivity (Wildman–Crippen MR) is 94.3 cm³/mol. The van der Waals surface area contributed by atoms with Crippen molar-refractivity contribution in [1.82, 2.24) is 10.2 Å². The molecular formula is C19H30N2. The van der Waals surface area contributed by atoms with Gasteiger partial charge in [-0.1, -0.05) is 44.4 Å². The Labute approximate surface area is 130 Å². The maximum atomic E-state index is 4.24. The minimum atomic E-state index is 0.577. The minimum absolute atomic E-state index is 0.577. The molecule has 0 saturated carbocycles. The number of hydrogen-bond donors (Lipinski definition) is 1. The SMILES string of the molecule is C=C/C=C(C)/C(/C=C\C)=C(/C(=C)C)N(CCC)C1CNC1. The number of nitrogens with zero attached hydrogens (tertiary/aromatic N) is 1. The highest BCUT2D eigenvalue weighted by Gasteiger charge is 2.27. The summed E-state index contributed by atoms with van der Waals surface area (Å²) in [5.41, 5.74) is 4.89. The van der Waals surface area contributed by atoms with Crippen molar-refractivity contribution in [2.24, 2.45) is 0 Å². The Morgan fingerprint density at radius 3 is 2.38 bits per heavy atom. The first kappa shape index (κ1) is 17.5. The molecule has 1 aliphatic heterocycles. The second-order valence-electron chi connectivity index (χ2n) is 5.63. The monoisotopic (exact) mass is 286 g/mol. The molecule has 0 atom stereocenters. The molecule has 0 radical (unpaired) electrons. The Morgan fingerprint density at radius 2 is 2.00 bits per heavy atom. The van der Waals surface area contributed by atoms with Crippen LogP contribution in [0.2, 0.25) is 0 Å². The van der Waals surface area contributed by atoms with E-state index in [9.17, 15) is 0 Å². The molecule has 0 aromatic heterocycles. The standard InChI is InChI=1S/C19H30N2/c1-7-10-16(6)18(11-8-2)19(15(4)5)21(12-9-3)17-13-20-14-17/h7-8,10-11,17,20H,1,4,9,12-14H2,2-3,5-6H3/b11-8-,16-10+,19-18-. The molecule has 1 N–H and O–H groups in total. The van der Waals surface area contributed by atoms with E-state index in [1.165, 1.54) is 16.8 Å². The van der Waals surface area contributed by atoms with Crippen LogP contribution in [-0.4, -0.2) is 30.6 Å². The summed E-state index contributed by atoms with van der Waals surface area (Å²) in [6.07, 6.45) is 9.35. The molecule has 0 bridgehead atoms. The fourth-order valence-corrected chi connectivity index (χ4v) is 2.67. The van der Waals surface area contributed by atoms with Crippen molar-refractivity contribution in [2.75, 3.05) is 19.6 Å². The first-order valence-corrected chi connectivity index (χ1v) is 7.86. The summed E-state index contributed by atoms with van der Waals surface area (Å²) in [5, 5.41) is 3.38. The van der Waals surface area contributed by atoms with Gasteiger partial charge in [-0.15, -0.1) is 0 Å². The van der Waals surface area contributed by atoms with Gasteiger partial charge in [0.2, 0.25) is 0 Å². The highest BCUT2D eigenvalue weighted by molar-refractivity contribution is 5.49. The predicted octanol–water partition coefficient (Wildman–Crippen LogP) is 4.21. The summed E-state index contributed by atoms with van der Waals surface area (Å²) >= 11 is 0. The lowest BCUT2D eigenvalue weighted by Gasteiger charge is -2.42. The molecule has 2 nitrogen and oxygen atoms in total. The topological polar surface area (TPSA) is 15.3 Å². The van der Waals surface area contributed by atoms with E-state index in [4.69, 9.17) is 0 Å². The zero-order valence-electron chi connectivity index (χ0n) is 14.1. The summed E-state index contributed by atoms with van der Waals surface area (Å²) < 4.78 is 0. The fraction of sp³-hybridized carbons (Fsp3) is 0.474. The Bertz CT molecular complexity index is 462. The van der Waals surface area contributed by atoms with E-state index in [1.54, 1.807) is 0 Å².